The number of carbonyl (C=O) groups excluding carboxylic acids is 2. The summed E-state index contributed by atoms with van der Waals surface area (Å²) in [5.74, 6) is -1.19. The fourth-order valence-corrected chi connectivity index (χ4v) is 3.89. The molecule has 0 fully saturated rings. The largest absolute Gasteiger partial charge is 0.497 e. The van der Waals surface area contributed by atoms with E-state index in [0.29, 0.717) is 29.1 Å². The van der Waals surface area contributed by atoms with Gasteiger partial charge >= 0.3 is 12.1 Å². The maximum Gasteiger partial charge on any atom is 0.416 e. The lowest BCUT2D eigenvalue weighted by Crippen LogP contribution is -2.45. The number of amides is 1. The molecule has 1 amide bonds. The summed E-state index contributed by atoms with van der Waals surface area (Å²) in [4.78, 5) is 26.8. The first-order valence-corrected chi connectivity index (χ1v) is 10.1. The molecule has 1 aliphatic heterocycles. The molecule has 6 nitrogen and oxygen atoms in total. The van der Waals surface area contributed by atoms with Gasteiger partial charge in [0.25, 0.3) is 5.91 Å². The second kappa shape index (κ2) is 9.60. The predicted octanol–water partition coefficient (Wildman–Crippen LogP) is 3.54. The molecule has 1 N–H and O–H groups in total. The zero-order valence-corrected chi connectivity index (χ0v) is 18.0. The summed E-state index contributed by atoms with van der Waals surface area (Å²) in [6, 6.07) is 10.2. The first-order valence-electron chi connectivity index (χ1n) is 10.1. The number of ether oxygens (including phenoxy) is 2. The number of likely N-dealkylation sites (N-methyl/N-ethyl adjacent to an activating group) is 1. The number of esters is 1. The van der Waals surface area contributed by atoms with Crippen molar-refractivity contribution in [3.8, 4) is 5.75 Å². The van der Waals surface area contributed by atoms with Crippen molar-refractivity contribution in [3.05, 3.63) is 59.2 Å². The van der Waals surface area contributed by atoms with Crippen LogP contribution in [0.1, 0.15) is 29.5 Å². The number of fused-ring (bicyclic) bond motifs is 1. The smallest absolute Gasteiger partial charge is 0.416 e. The summed E-state index contributed by atoms with van der Waals surface area (Å²) in [6.45, 7) is 1.82. The van der Waals surface area contributed by atoms with Crippen LogP contribution in [0.25, 0.3) is 0 Å². The number of hydrogen-bond acceptors (Lipinski definition) is 5. The molecule has 0 bridgehead atoms. The number of halogens is 3. The van der Waals surface area contributed by atoms with Gasteiger partial charge in [-0.2, -0.15) is 13.2 Å². The standard InChI is InChI=1S/C23H25F3N2O4/c1-14(29)32-21-19(15-4-7-18(31-3)8-5-15)13-16-12-17(23(24,25)26)6-9-20(16)28(22(21)30)11-10-27-2/h4-9,12,19,21,27H,10-11,13H2,1-3H3/t19-,21+/m0/s1. The Morgan fingerprint density at radius 2 is 1.88 bits per heavy atom. The second-order valence-corrected chi connectivity index (χ2v) is 7.55. The zero-order valence-electron chi connectivity index (χ0n) is 18.0. The molecule has 0 aromatic heterocycles. The number of benzene rings is 2. The van der Waals surface area contributed by atoms with Gasteiger partial charge < -0.3 is 19.7 Å². The van der Waals surface area contributed by atoms with Crippen molar-refractivity contribution >= 4 is 17.6 Å². The number of anilines is 1. The summed E-state index contributed by atoms with van der Waals surface area (Å²) in [6.07, 6.45) is -5.61. The van der Waals surface area contributed by atoms with Gasteiger partial charge in [0.1, 0.15) is 5.75 Å². The maximum atomic E-state index is 13.5. The van der Waals surface area contributed by atoms with Crippen molar-refractivity contribution in [1.29, 1.82) is 0 Å². The lowest BCUT2D eigenvalue weighted by molar-refractivity contribution is -0.154. The summed E-state index contributed by atoms with van der Waals surface area (Å²) in [5, 5.41) is 2.94. The third-order valence-corrected chi connectivity index (χ3v) is 5.43. The van der Waals surface area contributed by atoms with Crippen LogP contribution in [0.3, 0.4) is 0 Å². The molecule has 0 radical (unpaired) electrons. The summed E-state index contributed by atoms with van der Waals surface area (Å²) in [5.41, 5.74) is 0.604. The molecule has 0 saturated carbocycles. The molecule has 3 rings (SSSR count). The topological polar surface area (TPSA) is 67.9 Å². The Labute approximate surface area is 184 Å². The molecule has 0 aliphatic carbocycles. The van der Waals surface area contributed by atoms with Crippen LogP contribution >= 0.6 is 0 Å². The van der Waals surface area contributed by atoms with E-state index in [0.717, 1.165) is 12.1 Å². The van der Waals surface area contributed by atoms with E-state index in [1.165, 1.54) is 25.0 Å². The number of alkyl halides is 3. The van der Waals surface area contributed by atoms with Gasteiger partial charge in [0.2, 0.25) is 0 Å². The molecule has 172 valence electrons. The van der Waals surface area contributed by atoms with Crippen LogP contribution in [-0.4, -0.2) is 45.2 Å². The van der Waals surface area contributed by atoms with E-state index in [-0.39, 0.29) is 13.0 Å². The highest BCUT2D eigenvalue weighted by atomic mass is 19.4. The average Bonchev–Trinajstić information content (AvgIpc) is 2.86. The number of hydrogen-bond donors (Lipinski definition) is 1. The second-order valence-electron chi connectivity index (χ2n) is 7.55. The third kappa shape index (κ3) is 5.04. The van der Waals surface area contributed by atoms with E-state index in [4.69, 9.17) is 9.47 Å². The van der Waals surface area contributed by atoms with Crippen molar-refractivity contribution in [2.45, 2.75) is 31.5 Å². The van der Waals surface area contributed by atoms with Crippen molar-refractivity contribution < 1.29 is 32.2 Å². The van der Waals surface area contributed by atoms with Crippen LogP contribution in [0.5, 0.6) is 5.75 Å². The molecule has 2 aromatic rings. The highest BCUT2D eigenvalue weighted by Crippen LogP contribution is 2.39. The van der Waals surface area contributed by atoms with Crippen molar-refractivity contribution in [2.24, 2.45) is 0 Å². The molecular weight excluding hydrogens is 425 g/mol. The summed E-state index contributed by atoms with van der Waals surface area (Å²) >= 11 is 0. The molecule has 1 aliphatic rings. The molecular formula is C23H25F3N2O4. The fraction of sp³-hybridized carbons (Fsp3) is 0.391. The van der Waals surface area contributed by atoms with Crippen molar-refractivity contribution in [3.63, 3.8) is 0 Å². The van der Waals surface area contributed by atoms with E-state index in [1.807, 2.05) is 0 Å². The molecule has 9 heteroatoms. The Hall–Kier alpha value is -3.07. The molecule has 0 spiro atoms. The van der Waals surface area contributed by atoms with Crippen LogP contribution in [-0.2, 0) is 26.9 Å². The van der Waals surface area contributed by atoms with Gasteiger partial charge in [-0.25, -0.2) is 0 Å². The van der Waals surface area contributed by atoms with Crippen LogP contribution in [0.2, 0.25) is 0 Å². The summed E-state index contributed by atoms with van der Waals surface area (Å²) < 4.78 is 50.9. The van der Waals surface area contributed by atoms with Gasteiger partial charge in [-0.3, -0.25) is 9.59 Å². The quantitative estimate of drug-likeness (QED) is 0.682. The van der Waals surface area contributed by atoms with E-state index in [9.17, 15) is 22.8 Å². The van der Waals surface area contributed by atoms with Gasteiger partial charge in [-0.15, -0.1) is 0 Å². The first-order chi connectivity index (χ1) is 15.2. The molecule has 0 unspecified atom stereocenters. The Morgan fingerprint density at radius 1 is 1.19 bits per heavy atom. The normalized spacial score (nSPS) is 18.7. The maximum absolute atomic E-state index is 13.5. The molecule has 1 heterocycles. The lowest BCUT2D eigenvalue weighted by Gasteiger charge is -2.28. The van der Waals surface area contributed by atoms with E-state index in [1.54, 1.807) is 31.3 Å². The first kappa shape index (κ1) is 23.6. The van der Waals surface area contributed by atoms with Gasteiger partial charge in [-0.1, -0.05) is 12.1 Å². The van der Waals surface area contributed by atoms with Gasteiger partial charge in [0.05, 0.1) is 12.7 Å². The SMILES string of the molecule is CNCCN1C(=O)[C@H](OC(C)=O)[C@H](c2ccc(OC)cc2)Cc2cc(C(F)(F)F)ccc21. The average molecular weight is 450 g/mol. The highest BCUT2D eigenvalue weighted by molar-refractivity contribution is 5.99. The van der Waals surface area contributed by atoms with Crippen molar-refractivity contribution in [1.82, 2.24) is 5.32 Å². The molecule has 2 atom stereocenters. The van der Waals surface area contributed by atoms with Crippen LogP contribution < -0.4 is 15.0 Å². The van der Waals surface area contributed by atoms with E-state index < -0.39 is 35.6 Å². The predicted molar refractivity (Wildman–Crippen MR) is 113 cm³/mol. The highest BCUT2D eigenvalue weighted by Gasteiger charge is 2.41. The van der Waals surface area contributed by atoms with Crippen molar-refractivity contribution in [2.75, 3.05) is 32.1 Å². The number of nitrogens with one attached hydrogen (secondary N) is 1. The number of carbonyl (C=O) groups is 2. The fourth-order valence-electron chi connectivity index (χ4n) is 3.89. The number of rotatable bonds is 6. The Bertz CT molecular complexity index is 976. The van der Waals surface area contributed by atoms with Crippen LogP contribution in [0.4, 0.5) is 18.9 Å². The van der Waals surface area contributed by atoms with Gasteiger partial charge in [-0.05, 0) is 54.9 Å². The number of methoxy groups -OCH3 is 1. The monoisotopic (exact) mass is 450 g/mol. The molecule has 32 heavy (non-hydrogen) atoms. The Balaban J connectivity index is 2.15. The minimum absolute atomic E-state index is 0.0886. The minimum Gasteiger partial charge on any atom is -0.497 e. The third-order valence-electron chi connectivity index (χ3n) is 5.43. The number of nitrogens with zero attached hydrogens (tertiary/aromatic N) is 1. The van der Waals surface area contributed by atoms with Crippen LogP contribution in [0.15, 0.2) is 42.5 Å². The van der Waals surface area contributed by atoms with E-state index in [2.05, 4.69) is 5.32 Å². The van der Waals surface area contributed by atoms with Gasteiger partial charge in [0, 0.05) is 31.6 Å². The van der Waals surface area contributed by atoms with E-state index >= 15 is 0 Å². The van der Waals surface area contributed by atoms with Crippen LogP contribution in [0, 0.1) is 0 Å². The lowest BCUT2D eigenvalue weighted by atomic mass is 9.87. The molecule has 0 saturated heterocycles. The van der Waals surface area contributed by atoms with Gasteiger partial charge in [0.15, 0.2) is 6.10 Å². The zero-order chi connectivity index (χ0) is 23.5. The Kier molecular flexibility index (Phi) is 7.08. The minimum atomic E-state index is -4.52. The Morgan fingerprint density at radius 3 is 2.44 bits per heavy atom. The molecule has 2 aromatic carbocycles. The summed E-state index contributed by atoms with van der Waals surface area (Å²) in [7, 11) is 3.22.